The number of aromatic nitrogens is 1. The number of nitrogens with zero attached hydrogens (tertiary/aromatic N) is 2. The van der Waals surface area contributed by atoms with E-state index < -0.39 is 11.7 Å². The molecular formula is C20H22F3N3O. The molecule has 1 aliphatic rings. The normalized spacial score (nSPS) is 17.6. The van der Waals surface area contributed by atoms with Gasteiger partial charge in [-0.05, 0) is 37.0 Å². The summed E-state index contributed by atoms with van der Waals surface area (Å²) < 4.78 is 38.0. The summed E-state index contributed by atoms with van der Waals surface area (Å²) in [5, 5.41) is 2.97. The lowest BCUT2D eigenvalue weighted by molar-refractivity contribution is -0.137. The smallest absolute Gasteiger partial charge is 0.356 e. The summed E-state index contributed by atoms with van der Waals surface area (Å²) in [7, 11) is 0. The molecule has 2 aromatic rings. The van der Waals surface area contributed by atoms with Gasteiger partial charge in [-0.25, -0.2) is 4.98 Å². The van der Waals surface area contributed by atoms with Gasteiger partial charge in [0.1, 0.15) is 5.82 Å². The van der Waals surface area contributed by atoms with Crippen molar-refractivity contribution in [3.8, 4) is 0 Å². The Morgan fingerprint density at radius 2 is 1.96 bits per heavy atom. The lowest BCUT2D eigenvalue weighted by atomic mass is 9.97. The zero-order valence-corrected chi connectivity index (χ0v) is 14.9. The third-order valence-corrected chi connectivity index (χ3v) is 4.75. The first-order valence-electron chi connectivity index (χ1n) is 9.03. The van der Waals surface area contributed by atoms with E-state index in [1.807, 2.05) is 35.2 Å². The van der Waals surface area contributed by atoms with E-state index >= 15 is 0 Å². The van der Waals surface area contributed by atoms with E-state index in [1.165, 1.54) is 6.07 Å². The first kappa shape index (κ1) is 19.2. The van der Waals surface area contributed by atoms with E-state index in [0.29, 0.717) is 25.5 Å². The SMILES string of the molecule is O=C(NCCc1ccccc1)C1CCCN(c2ccc(C(F)(F)F)cn2)C1. The highest BCUT2D eigenvalue weighted by molar-refractivity contribution is 5.79. The summed E-state index contributed by atoms with van der Waals surface area (Å²) in [4.78, 5) is 18.3. The largest absolute Gasteiger partial charge is 0.417 e. The zero-order chi connectivity index (χ0) is 19.3. The van der Waals surface area contributed by atoms with Crippen molar-refractivity contribution in [2.75, 3.05) is 24.5 Å². The molecule has 144 valence electrons. The second kappa shape index (κ2) is 8.41. The van der Waals surface area contributed by atoms with Gasteiger partial charge in [0, 0.05) is 25.8 Å². The fraction of sp³-hybridized carbons (Fsp3) is 0.400. The molecule has 1 aliphatic heterocycles. The molecule has 1 unspecified atom stereocenters. The van der Waals surface area contributed by atoms with Gasteiger partial charge in [0.05, 0.1) is 11.5 Å². The summed E-state index contributed by atoms with van der Waals surface area (Å²) in [6, 6.07) is 12.3. The molecule has 1 atom stereocenters. The minimum Gasteiger partial charge on any atom is -0.356 e. The standard InChI is InChI=1S/C20H22F3N3O/c21-20(22,23)17-8-9-18(25-13-17)26-12-4-7-16(14-26)19(27)24-11-10-15-5-2-1-3-6-15/h1-3,5-6,8-9,13,16H,4,7,10-12,14H2,(H,24,27). The monoisotopic (exact) mass is 377 g/mol. The number of hydrogen-bond donors (Lipinski definition) is 1. The fourth-order valence-electron chi connectivity index (χ4n) is 3.26. The first-order valence-corrected chi connectivity index (χ1v) is 9.03. The topological polar surface area (TPSA) is 45.2 Å². The van der Waals surface area contributed by atoms with E-state index in [2.05, 4.69) is 10.3 Å². The highest BCUT2D eigenvalue weighted by atomic mass is 19.4. The van der Waals surface area contributed by atoms with E-state index in [0.717, 1.165) is 37.1 Å². The maximum absolute atomic E-state index is 12.7. The number of carbonyl (C=O) groups is 1. The second-order valence-electron chi connectivity index (χ2n) is 6.71. The number of piperidine rings is 1. The van der Waals surface area contributed by atoms with Crippen molar-refractivity contribution in [3.63, 3.8) is 0 Å². The predicted octanol–water partition coefficient (Wildman–Crippen LogP) is 3.68. The number of hydrogen-bond acceptors (Lipinski definition) is 3. The number of halogens is 3. The van der Waals surface area contributed by atoms with Crippen LogP contribution in [0.4, 0.5) is 19.0 Å². The Balaban J connectivity index is 1.53. The Morgan fingerprint density at radius 3 is 2.63 bits per heavy atom. The van der Waals surface area contributed by atoms with Gasteiger partial charge >= 0.3 is 6.18 Å². The van der Waals surface area contributed by atoms with Gasteiger partial charge in [-0.3, -0.25) is 4.79 Å². The number of alkyl halides is 3. The van der Waals surface area contributed by atoms with Crippen LogP contribution >= 0.6 is 0 Å². The number of benzene rings is 1. The molecule has 3 rings (SSSR count). The van der Waals surface area contributed by atoms with Crippen LogP contribution in [0.25, 0.3) is 0 Å². The Bertz CT molecular complexity index is 747. The lowest BCUT2D eigenvalue weighted by Gasteiger charge is -2.33. The van der Waals surface area contributed by atoms with Gasteiger partial charge < -0.3 is 10.2 Å². The quantitative estimate of drug-likeness (QED) is 0.865. The average Bonchev–Trinajstić information content (AvgIpc) is 2.68. The summed E-state index contributed by atoms with van der Waals surface area (Å²) in [5.41, 5.74) is 0.399. The average molecular weight is 377 g/mol. The molecule has 1 aromatic heterocycles. The third kappa shape index (κ3) is 5.21. The third-order valence-electron chi connectivity index (χ3n) is 4.75. The molecule has 27 heavy (non-hydrogen) atoms. The van der Waals surface area contributed by atoms with Crippen LogP contribution in [-0.2, 0) is 17.4 Å². The molecule has 1 aromatic carbocycles. The Hall–Kier alpha value is -2.57. The van der Waals surface area contributed by atoms with Crippen LogP contribution in [-0.4, -0.2) is 30.5 Å². The van der Waals surface area contributed by atoms with Crippen molar-refractivity contribution in [1.29, 1.82) is 0 Å². The summed E-state index contributed by atoms with van der Waals surface area (Å²) in [6.45, 7) is 1.72. The van der Waals surface area contributed by atoms with Crippen molar-refractivity contribution >= 4 is 11.7 Å². The van der Waals surface area contributed by atoms with Crippen LogP contribution in [0, 0.1) is 5.92 Å². The molecule has 1 fully saturated rings. The molecule has 2 heterocycles. The zero-order valence-electron chi connectivity index (χ0n) is 14.9. The maximum Gasteiger partial charge on any atom is 0.417 e. The Kier molecular flexibility index (Phi) is 5.98. The molecule has 1 N–H and O–H groups in total. The van der Waals surface area contributed by atoms with Crippen molar-refractivity contribution in [2.24, 2.45) is 5.92 Å². The molecule has 0 radical (unpaired) electrons. The number of carbonyl (C=O) groups excluding carboxylic acids is 1. The molecule has 0 bridgehead atoms. The van der Waals surface area contributed by atoms with E-state index in [1.54, 1.807) is 0 Å². The maximum atomic E-state index is 12.7. The number of rotatable bonds is 5. The number of amides is 1. The minimum absolute atomic E-state index is 0.0115. The molecule has 1 saturated heterocycles. The fourth-order valence-corrected chi connectivity index (χ4v) is 3.26. The molecule has 0 saturated carbocycles. The van der Waals surface area contributed by atoms with Crippen LogP contribution in [0.5, 0.6) is 0 Å². The van der Waals surface area contributed by atoms with E-state index in [-0.39, 0.29) is 11.8 Å². The molecule has 1 amide bonds. The molecule has 4 nitrogen and oxygen atoms in total. The number of anilines is 1. The Labute approximate surface area is 156 Å². The van der Waals surface area contributed by atoms with Crippen molar-refractivity contribution in [3.05, 3.63) is 59.8 Å². The van der Waals surface area contributed by atoms with Gasteiger partial charge in [0.15, 0.2) is 0 Å². The summed E-state index contributed by atoms with van der Waals surface area (Å²) >= 11 is 0. The van der Waals surface area contributed by atoms with Gasteiger partial charge in [0.25, 0.3) is 0 Å². The molecule has 0 spiro atoms. The van der Waals surface area contributed by atoms with Crippen LogP contribution in [0.3, 0.4) is 0 Å². The van der Waals surface area contributed by atoms with Crippen molar-refractivity contribution in [2.45, 2.75) is 25.4 Å². The summed E-state index contributed by atoms with van der Waals surface area (Å²) in [5.74, 6) is 0.283. The van der Waals surface area contributed by atoms with Gasteiger partial charge in [-0.15, -0.1) is 0 Å². The molecular weight excluding hydrogens is 355 g/mol. The minimum atomic E-state index is -4.39. The van der Waals surface area contributed by atoms with E-state index in [9.17, 15) is 18.0 Å². The van der Waals surface area contributed by atoms with Crippen LogP contribution in [0.2, 0.25) is 0 Å². The van der Waals surface area contributed by atoms with Gasteiger partial charge in [-0.1, -0.05) is 30.3 Å². The molecule has 0 aliphatic carbocycles. The highest BCUT2D eigenvalue weighted by Gasteiger charge is 2.31. The van der Waals surface area contributed by atoms with Gasteiger partial charge in [0.2, 0.25) is 5.91 Å². The van der Waals surface area contributed by atoms with Crippen LogP contribution in [0.15, 0.2) is 48.7 Å². The Morgan fingerprint density at radius 1 is 1.19 bits per heavy atom. The first-order chi connectivity index (χ1) is 12.9. The lowest BCUT2D eigenvalue weighted by Crippen LogP contribution is -2.43. The van der Waals surface area contributed by atoms with E-state index in [4.69, 9.17) is 0 Å². The van der Waals surface area contributed by atoms with Gasteiger partial charge in [-0.2, -0.15) is 13.2 Å². The number of nitrogens with one attached hydrogen (secondary N) is 1. The van der Waals surface area contributed by atoms with Crippen molar-refractivity contribution in [1.82, 2.24) is 10.3 Å². The van der Waals surface area contributed by atoms with Crippen LogP contribution in [0.1, 0.15) is 24.0 Å². The molecule has 7 heteroatoms. The van der Waals surface area contributed by atoms with Crippen molar-refractivity contribution < 1.29 is 18.0 Å². The number of pyridine rings is 1. The highest BCUT2D eigenvalue weighted by Crippen LogP contribution is 2.30. The predicted molar refractivity (Wildman–Crippen MR) is 97.3 cm³/mol. The second-order valence-corrected chi connectivity index (χ2v) is 6.71. The summed E-state index contributed by atoms with van der Waals surface area (Å²) in [6.07, 6.45) is -1.20. The van der Waals surface area contributed by atoms with Crippen LogP contribution < -0.4 is 10.2 Å².